The fourth-order valence-electron chi connectivity index (χ4n) is 1.95. The first kappa shape index (κ1) is 8.91. The molecule has 3 heterocycles. The maximum absolute atomic E-state index is 11.8. The second-order valence-electron chi connectivity index (χ2n) is 3.61. The lowest BCUT2D eigenvalue weighted by Gasteiger charge is -2.36. The fourth-order valence-corrected chi connectivity index (χ4v) is 2.57. The Bertz CT molecular complexity index is 411. The summed E-state index contributed by atoms with van der Waals surface area (Å²) in [6, 6.07) is 0. The van der Waals surface area contributed by atoms with Crippen molar-refractivity contribution in [2.45, 2.75) is 12.8 Å². The van der Waals surface area contributed by atoms with Gasteiger partial charge in [-0.25, -0.2) is 0 Å². The lowest BCUT2D eigenvalue weighted by atomic mass is 10.1. The normalized spacial score (nSPS) is 23.9. The molecule has 0 bridgehead atoms. The van der Waals surface area contributed by atoms with E-state index in [9.17, 15) is 4.79 Å². The second kappa shape index (κ2) is 3.34. The molecule has 0 aromatic carbocycles. The van der Waals surface area contributed by atoms with Crippen molar-refractivity contribution in [2.24, 2.45) is 0 Å². The van der Waals surface area contributed by atoms with Crippen LogP contribution in [-0.4, -0.2) is 17.4 Å². The molecule has 78 valence electrons. The number of nitrogens with one attached hydrogen (secondary N) is 2. The van der Waals surface area contributed by atoms with Crippen LogP contribution < -0.4 is 10.6 Å². The van der Waals surface area contributed by atoms with Crippen LogP contribution in [0.4, 0.5) is 0 Å². The molecule has 15 heavy (non-hydrogen) atoms. The Hall–Kier alpha value is -1.36. The molecule has 0 saturated carbocycles. The molecule has 0 fully saturated rings. The van der Waals surface area contributed by atoms with Crippen molar-refractivity contribution >= 4 is 17.7 Å². The summed E-state index contributed by atoms with van der Waals surface area (Å²) >= 11 is 1.53. The third kappa shape index (κ3) is 1.34. The van der Waals surface area contributed by atoms with Crippen LogP contribution in [0.15, 0.2) is 34.2 Å². The Labute approximate surface area is 92.1 Å². The van der Waals surface area contributed by atoms with E-state index < -0.39 is 0 Å². The molecule has 0 aromatic rings. The van der Waals surface area contributed by atoms with E-state index in [0.717, 1.165) is 30.9 Å². The number of nitrogens with zero attached hydrogens (tertiary/aromatic N) is 1. The van der Waals surface area contributed by atoms with Gasteiger partial charge in [-0.3, -0.25) is 9.69 Å². The van der Waals surface area contributed by atoms with Gasteiger partial charge in [-0.15, -0.1) is 11.8 Å². The third-order valence-corrected chi connectivity index (χ3v) is 3.29. The van der Waals surface area contributed by atoms with Crippen LogP contribution in [0.25, 0.3) is 0 Å². The summed E-state index contributed by atoms with van der Waals surface area (Å²) in [5.41, 5.74) is 1.72. The van der Waals surface area contributed by atoms with E-state index in [2.05, 4.69) is 10.6 Å². The molecule has 0 unspecified atom stereocenters. The minimum atomic E-state index is -0.00528. The quantitative estimate of drug-likeness (QED) is 0.641. The van der Waals surface area contributed by atoms with E-state index >= 15 is 0 Å². The summed E-state index contributed by atoms with van der Waals surface area (Å²) in [4.78, 5) is 13.7. The summed E-state index contributed by atoms with van der Waals surface area (Å²) in [5.74, 6) is 1.03. The van der Waals surface area contributed by atoms with Gasteiger partial charge >= 0.3 is 0 Å². The number of rotatable bonds is 0. The minimum absolute atomic E-state index is 0.00528. The monoisotopic (exact) mass is 221 g/mol. The van der Waals surface area contributed by atoms with Gasteiger partial charge in [-0.05, 0) is 18.2 Å². The third-order valence-electron chi connectivity index (χ3n) is 2.65. The summed E-state index contributed by atoms with van der Waals surface area (Å²) in [6.07, 6.45) is 3.95. The first-order valence-corrected chi connectivity index (χ1v) is 5.90. The van der Waals surface area contributed by atoms with Crippen molar-refractivity contribution in [1.82, 2.24) is 15.5 Å². The van der Waals surface area contributed by atoms with Crippen LogP contribution in [-0.2, 0) is 4.79 Å². The van der Waals surface area contributed by atoms with Crippen LogP contribution in [0.5, 0.6) is 0 Å². The number of carbonyl (C=O) groups excluding carboxylic acids is 1. The first-order valence-electron chi connectivity index (χ1n) is 4.96. The lowest BCUT2D eigenvalue weighted by molar-refractivity contribution is -0.118. The van der Waals surface area contributed by atoms with Gasteiger partial charge in [-0.1, -0.05) is 0 Å². The van der Waals surface area contributed by atoms with E-state index in [1.54, 1.807) is 0 Å². The van der Waals surface area contributed by atoms with Crippen molar-refractivity contribution in [3.63, 3.8) is 0 Å². The van der Waals surface area contributed by atoms with E-state index in [1.165, 1.54) is 11.8 Å². The average Bonchev–Trinajstić information content (AvgIpc) is 2.30. The van der Waals surface area contributed by atoms with E-state index in [4.69, 9.17) is 0 Å². The van der Waals surface area contributed by atoms with Crippen LogP contribution >= 0.6 is 11.8 Å². The van der Waals surface area contributed by atoms with Crippen molar-refractivity contribution in [3.05, 3.63) is 34.2 Å². The Kier molecular flexibility index (Phi) is 1.98. The number of carbonyl (C=O) groups is 1. The zero-order valence-electron chi connectivity index (χ0n) is 8.12. The zero-order chi connectivity index (χ0) is 10.3. The fraction of sp³-hybridized carbons (Fsp3) is 0.300. The minimum Gasteiger partial charge on any atom is -0.370 e. The molecule has 0 spiro atoms. The average molecular weight is 221 g/mol. The molecule has 0 atom stereocenters. The number of hydrogen-bond donors (Lipinski definition) is 2. The molecular weight excluding hydrogens is 210 g/mol. The van der Waals surface area contributed by atoms with Crippen LogP contribution in [0.3, 0.4) is 0 Å². The second-order valence-corrected chi connectivity index (χ2v) is 4.39. The Morgan fingerprint density at radius 2 is 2.40 bits per heavy atom. The standard InChI is InChI=1S/C10H11N3OS/c14-10-8-6-15-5-4-13(8)9-7(12-10)2-1-3-11-9/h4-6,11H,1-3H2,(H,12,14). The summed E-state index contributed by atoms with van der Waals surface area (Å²) < 4.78 is 0. The Balaban J connectivity index is 2.06. The number of thioether (sulfide) groups is 1. The molecule has 3 aliphatic heterocycles. The highest BCUT2D eigenvalue weighted by molar-refractivity contribution is 8.05. The highest BCUT2D eigenvalue weighted by Gasteiger charge is 2.30. The van der Waals surface area contributed by atoms with Gasteiger partial charge in [-0.2, -0.15) is 0 Å². The maximum atomic E-state index is 11.8. The smallest absolute Gasteiger partial charge is 0.273 e. The van der Waals surface area contributed by atoms with E-state index in [1.807, 2.05) is 21.9 Å². The first-order chi connectivity index (χ1) is 7.36. The molecule has 4 nitrogen and oxygen atoms in total. The highest BCUT2D eigenvalue weighted by atomic mass is 32.2. The molecule has 0 saturated heterocycles. The number of amides is 1. The largest absolute Gasteiger partial charge is 0.370 e. The molecule has 5 heteroatoms. The number of fused-ring (bicyclic) bond motifs is 2. The van der Waals surface area contributed by atoms with Crippen molar-refractivity contribution in [2.75, 3.05) is 6.54 Å². The Morgan fingerprint density at radius 1 is 1.47 bits per heavy atom. The van der Waals surface area contributed by atoms with Gasteiger partial charge < -0.3 is 10.6 Å². The van der Waals surface area contributed by atoms with Crippen molar-refractivity contribution < 1.29 is 4.79 Å². The van der Waals surface area contributed by atoms with Gasteiger partial charge in [0.25, 0.3) is 5.91 Å². The van der Waals surface area contributed by atoms with Crippen molar-refractivity contribution in [1.29, 1.82) is 0 Å². The predicted molar refractivity (Wildman–Crippen MR) is 59.1 cm³/mol. The van der Waals surface area contributed by atoms with Crippen LogP contribution in [0, 0.1) is 0 Å². The molecule has 1 amide bonds. The van der Waals surface area contributed by atoms with E-state index in [-0.39, 0.29) is 5.91 Å². The number of allylic oxidation sites excluding steroid dienone is 1. The molecule has 0 aliphatic carbocycles. The summed E-state index contributed by atoms with van der Waals surface area (Å²) in [7, 11) is 0. The van der Waals surface area contributed by atoms with Gasteiger partial charge in [0.05, 0.1) is 5.70 Å². The Morgan fingerprint density at radius 3 is 3.33 bits per heavy atom. The summed E-state index contributed by atoms with van der Waals surface area (Å²) in [5, 5.41) is 10.1. The number of hydrogen-bond acceptors (Lipinski definition) is 4. The predicted octanol–water partition coefficient (Wildman–Crippen LogP) is 1.03. The van der Waals surface area contributed by atoms with Crippen LogP contribution in [0.1, 0.15) is 12.8 Å². The van der Waals surface area contributed by atoms with Crippen molar-refractivity contribution in [3.8, 4) is 0 Å². The highest BCUT2D eigenvalue weighted by Crippen LogP contribution is 2.29. The van der Waals surface area contributed by atoms with E-state index in [0.29, 0.717) is 5.70 Å². The molecule has 0 radical (unpaired) electrons. The molecule has 2 N–H and O–H groups in total. The van der Waals surface area contributed by atoms with Gasteiger partial charge in [0.2, 0.25) is 0 Å². The maximum Gasteiger partial charge on any atom is 0.273 e. The molecule has 3 rings (SSSR count). The topological polar surface area (TPSA) is 44.4 Å². The summed E-state index contributed by atoms with van der Waals surface area (Å²) in [6.45, 7) is 0.972. The van der Waals surface area contributed by atoms with Crippen LogP contribution in [0.2, 0.25) is 0 Å². The van der Waals surface area contributed by atoms with Gasteiger partial charge in [0.1, 0.15) is 11.5 Å². The van der Waals surface area contributed by atoms with Gasteiger partial charge in [0.15, 0.2) is 0 Å². The molecular formula is C10H11N3OS. The van der Waals surface area contributed by atoms with Gasteiger partial charge in [0, 0.05) is 18.2 Å². The zero-order valence-corrected chi connectivity index (χ0v) is 8.93. The lowest BCUT2D eigenvalue weighted by Crippen LogP contribution is -2.46. The SMILES string of the molecule is O=C1NC2=C(NCCC2)N2C=CSC=C12. The molecule has 0 aromatic heterocycles. The molecule has 3 aliphatic rings.